The molecule has 2 aromatic heterocycles. The Morgan fingerprint density at radius 2 is 2.16 bits per heavy atom. The number of H-pyrrole nitrogens is 1. The zero-order chi connectivity index (χ0) is 13.6. The molecule has 19 heavy (non-hydrogen) atoms. The monoisotopic (exact) mass is 280 g/mol. The lowest BCUT2D eigenvalue weighted by Gasteiger charge is -2.33. The van der Waals surface area contributed by atoms with Crippen LogP contribution in [0.5, 0.6) is 0 Å². The number of imidazole rings is 1. The summed E-state index contributed by atoms with van der Waals surface area (Å²) in [6, 6.07) is 3.85. The van der Waals surface area contributed by atoms with Crippen LogP contribution in [0.2, 0.25) is 0 Å². The van der Waals surface area contributed by atoms with E-state index in [0.717, 1.165) is 5.69 Å². The fourth-order valence-electron chi connectivity index (χ4n) is 2.64. The third-order valence-electron chi connectivity index (χ3n) is 3.70. The van der Waals surface area contributed by atoms with Gasteiger partial charge >= 0.3 is 0 Å². The second-order valence-corrected chi connectivity index (χ2v) is 6.62. The first-order valence-corrected chi connectivity index (χ1v) is 7.62. The predicted molar refractivity (Wildman–Crippen MR) is 70.1 cm³/mol. The van der Waals surface area contributed by atoms with Crippen molar-refractivity contribution in [3.63, 3.8) is 0 Å². The van der Waals surface area contributed by atoms with Gasteiger partial charge in [0.05, 0.1) is 18.6 Å². The summed E-state index contributed by atoms with van der Waals surface area (Å²) in [7, 11) is -3.50. The molecule has 3 rings (SSSR count). The van der Waals surface area contributed by atoms with Gasteiger partial charge in [-0.25, -0.2) is 13.4 Å². The van der Waals surface area contributed by atoms with E-state index in [2.05, 4.69) is 14.5 Å². The highest BCUT2D eigenvalue weighted by Gasteiger charge is 2.35. The zero-order valence-electron chi connectivity index (χ0n) is 10.9. The quantitative estimate of drug-likeness (QED) is 0.901. The van der Waals surface area contributed by atoms with Crippen LogP contribution in [0, 0.1) is 6.92 Å². The van der Waals surface area contributed by atoms with Crippen molar-refractivity contribution in [3.8, 4) is 0 Å². The van der Waals surface area contributed by atoms with E-state index >= 15 is 0 Å². The van der Waals surface area contributed by atoms with Crippen molar-refractivity contribution in [1.29, 1.82) is 0 Å². The van der Waals surface area contributed by atoms with Crippen molar-refractivity contribution >= 4 is 10.0 Å². The molecule has 1 atom stereocenters. The minimum Gasteiger partial charge on any atom is -0.346 e. The molecule has 0 amide bonds. The molecule has 7 heteroatoms. The van der Waals surface area contributed by atoms with E-state index < -0.39 is 10.0 Å². The summed E-state index contributed by atoms with van der Waals surface area (Å²) in [6.45, 7) is 5.12. The van der Waals surface area contributed by atoms with Crippen molar-refractivity contribution in [2.75, 3.05) is 6.54 Å². The minimum atomic E-state index is -3.50. The summed E-state index contributed by atoms with van der Waals surface area (Å²) in [5.41, 5.74) is 2.20. The van der Waals surface area contributed by atoms with Gasteiger partial charge in [-0.1, -0.05) is 0 Å². The minimum absolute atomic E-state index is 0.149. The van der Waals surface area contributed by atoms with Crippen molar-refractivity contribution in [1.82, 2.24) is 18.8 Å². The standard InChI is InChI=1S/C12H16N4O2S/c1-9-3-4-11-10(2)16(6-5-15(9)11)19(17,18)12-7-13-8-14-12/h3-4,7-8,10H,5-6H2,1-2H3,(H,13,14). The Morgan fingerprint density at radius 3 is 2.84 bits per heavy atom. The van der Waals surface area contributed by atoms with Gasteiger partial charge in [-0.05, 0) is 26.0 Å². The molecule has 0 fully saturated rings. The molecule has 0 saturated carbocycles. The maximum absolute atomic E-state index is 12.5. The number of aromatic amines is 1. The van der Waals surface area contributed by atoms with Crippen molar-refractivity contribution in [3.05, 3.63) is 36.0 Å². The Balaban J connectivity index is 2.01. The molecule has 0 spiro atoms. The number of aromatic nitrogens is 3. The second-order valence-electron chi connectivity index (χ2n) is 4.76. The van der Waals surface area contributed by atoms with Crippen LogP contribution in [0.4, 0.5) is 0 Å². The lowest BCUT2D eigenvalue weighted by molar-refractivity contribution is 0.280. The Kier molecular flexibility index (Phi) is 2.75. The predicted octanol–water partition coefficient (Wildman–Crippen LogP) is 1.29. The van der Waals surface area contributed by atoms with Gasteiger partial charge in [0.2, 0.25) is 0 Å². The summed E-state index contributed by atoms with van der Waals surface area (Å²) in [5, 5.41) is 0.149. The van der Waals surface area contributed by atoms with Crippen LogP contribution in [-0.2, 0) is 16.6 Å². The number of sulfonamides is 1. The zero-order valence-corrected chi connectivity index (χ0v) is 11.7. The van der Waals surface area contributed by atoms with E-state index in [1.54, 1.807) is 0 Å². The Morgan fingerprint density at radius 1 is 1.37 bits per heavy atom. The van der Waals surface area contributed by atoms with E-state index in [9.17, 15) is 8.42 Å². The molecule has 0 bridgehead atoms. The van der Waals surface area contributed by atoms with E-state index in [1.165, 1.54) is 22.5 Å². The molecule has 6 nitrogen and oxygen atoms in total. The number of hydrogen-bond acceptors (Lipinski definition) is 3. The van der Waals surface area contributed by atoms with Gasteiger partial charge in [0.15, 0.2) is 5.03 Å². The number of nitrogens with zero attached hydrogens (tertiary/aromatic N) is 3. The molecule has 3 heterocycles. The topological polar surface area (TPSA) is 71.0 Å². The Hall–Kier alpha value is -1.60. The van der Waals surface area contributed by atoms with E-state index in [4.69, 9.17) is 0 Å². The average Bonchev–Trinajstić information content (AvgIpc) is 3.00. The largest absolute Gasteiger partial charge is 0.346 e. The molecule has 1 aliphatic heterocycles. The van der Waals surface area contributed by atoms with Crippen LogP contribution in [0.3, 0.4) is 0 Å². The number of nitrogens with one attached hydrogen (secondary N) is 1. The Bertz CT molecular complexity index is 687. The van der Waals surface area contributed by atoms with Crippen LogP contribution in [-0.4, -0.2) is 33.8 Å². The molecule has 102 valence electrons. The second kappa shape index (κ2) is 4.21. The first-order chi connectivity index (χ1) is 9.01. The summed E-state index contributed by atoms with van der Waals surface area (Å²) in [5.74, 6) is 0. The molecular weight excluding hydrogens is 264 g/mol. The van der Waals surface area contributed by atoms with E-state index in [0.29, 0.717) is 13.1 Å². The maximum Gasteiger partial charge on any atom is 0.260 e. The van der Waals surface area contributed by atoms with Gasteiger partial charge < -0.3 is 9.55 Å². The average molecular weight is 280 g/mol. The molecule has 1 N–H and O–H groups in total. The van der Waals surface area contributed by atoms with Gasteiger partial charge in [0.1, 0.15) is 0 Å². The van der Waals surface area contributed by atoms with E-state index in [-0.39, 0.29) is 11.1 Å². The normalized spacial score (nSPS) is 20.4. The first kappa shape index (κ1) is 12.4. The SMILES string of the molecule is Cc1ccc2n1CCN(S(=O)(=O)c1cnc[nH]1)C2C. The highest BCUT2D eigenvalue weighted by molar-refractivity contribution is 7.89. The summed E-state index contributed by atoms with van der Waals surface area (Å²) < 4.78 is 28.7. The van der Waals surface area contributed by atoms with Crippen LogP contribution >= 0.6 is 0 Å². The highest BCUT2D eigenvalue weighted by atomic mass is 32.2. The molecule has 1 aliphatic rings. The van der Waals surface area contributed by atoms with Crippen molar-refractivity contribution < 1.29 is 8.42 Å². The third kappa shape index (κ3) is 1.81. The number of hydrogen-bond donors (Lipinski definition) is 1. The van der Waals surface area contributed by atoms with E-state index in [1.807, 2.05) is 26.0 Å². The molecular formula is C12H16N4O2S. The fourth-order valence-corrected chi connectivity index (χ4v) is 4.13. The first-order valence-electron chi connectivity index (χ1n) is 6.18. The fraction of sp³-hybridized carbons (Fsp3) is 0.417. The smallest absolute Gasteiger partial charge is 0.260 e. The molecule has 0 radical (unpaired) electrons. The van der Waals surface area contributed by atoms with Gasteiger partial charge in [-0.15, -0.1) is 0 Å². The lowest BCUT2D eigenvalue weighted by atomic mass is 10.2. The van der Waals surface area contributed by atoms with Crippen molar-refractivity contribution in [2.24, 2.45) is 0 Å². The van der Waals surface area contributed by atoms with Crippen LogP contribution in [0.1, 0.15) is 24.4 Å². The lowest BCUT2D eigenvalue weighted by Crippen LogP contribution is -2.41. The molecule has 2 aromatic rings. The van der Waals surface area contributed by atoms with Crippen molar-refractivity contribution in [2.45, 2.75) is 31.5 Å². The number of fused-ring (bicyclic) bond motifs is 1. The Labute approximate surface area is 112 Å². The summed E-state index contributed by atoms with van der Waals surface area (Å²) >= 11 is 0. The molecule has 0 saturated heterocycles. The van der Waals surface area contributed by atoms with Gasteiger partial charge in [0, 0.05) is 24.5 Å². The van der Waals surface area contributed by atoms with Crippen LogP contribution < -0.4 is 0 Å². The number of rotatable bonds is 2. The maximum atomic E-state index is 12.5. The molecule has 1 unspecified atom stereocenters. The van der Waals surface area contributed by atoms with Crippen LogP contribution in [0.15, 0.2) is 29.7 Å². The van der Waals surface area contributed by atoms with Gasteiger partial charge in [0.25, 0.3) is 10.0 Å². The molecule has 0 aliphatic carbocycles. The summed E-state index contributed by atoms with van der Waals surface area (Å²) in [6.07, 6.45) is 2.73. The van der Waals surface area contributed by atoms with Crippen LogP contribution in [0.25, 0.3) is 0 Å². The highest BCUT2D eigenvalue weighted by Crippen LogP contribution is 2.31. The number of aryl methyl sites for hydroxylation is 1. The summed E-state index contributed by atoms with van der Waals surface area (Å²) in [4.78, 5) is 6.47. The third-order valence-corrected chi connectivity index (χ3v) is 5.59. The van der Waals surface area contributed by atoms with Gasteiger partial charge in [-0.2, -0.15) is 4.31 Å². The van der Waals surface area contributed by atoms with Gasteiger partial charge in [-0.3, -0.25) is 0 Å². The molecule has 0 aromatic carbocycles.